The van der Waals surface area contributed by atoms with Crippen LogP contribution in [-0.2, 0) is 0 Å². The second-order valence-electron chi connectivity index (χ2n) is 3.54. The number of methoxy groups -OCH3 is 2. The van der Waals surface area contributed by atoms with Crippen LogP contribution in [0, 0.1) is 0 Å². The third-order valence-corrected chi connectivity index (χ3v) is 3.41. The van der Waals surface area contributed by atoms with Gasteiger partial charge in [-0.2, -0.15) is 0 Å². The molecule has 0 aliphatic heterocycles. The Hall–Kier alpha value is -1.52. The van der Waals surface area contributed by atoms with E-state index in [0.29, 0.717) is 5.75 Å². The molecule has 0 amide bonds. The molecule has 94 valence electrons. The first-order valence-corrected chi connectivity index (χ1v) is 5.67. The van der Waals surface area contributed by atoms with Gasteiger partial charge in [0.2, 0.25) is 11.6 Å². The summed E-state index contributed by atoms with van der Waals surface area (Å²) in [6.07, 6.45) is 0. The SMILES string of the molecule is COc1cc(OC)c2c(c1)C(=O)C(Cl)=C(Cl)C2=O. The van der Waals surface area contributed by atoms with Crippen LogP contribution < -0.4 is 9.47 Å². The third kappa shape index (κ3) is 1.78. The van der Waals surface area contributed by atoms with Gasteiger partial charge in [0.15, 0.2) is 0 Å². The van der Waals surface area contributed by atoms with E-state index in [1.807, 2.05) is 0 Å². The first-order valence-electron chi connectivity index (χ1n) is 4.92. The molecule has 1 aromatic rings. The number of hydrogen-bond donors (Lipinski definition) is 0. The minimum atomic E-state index is -0.532. The van der Waals surface area contributed by atoms with Crippen molar-refractivity contribution in [3.8, 4) is 11.5 Å². The Kier molecular flexibility index (Phi) is 3.32. The molecule has 0 spiro atoms. The number of rotatable bonds is 2. The Balaban J connectivity index is 2.77. The van der Waals surface area contributed by atoms with Gasteiger partial charge in [0.1, 0.15) is 21.6 Å². The molecular formula is C12H8Cl2O4. The summed E-state index contributed by atoms with van der Waals surface area (Å²) in [7, 11) is 2.83. The number of allylic oxidation sites excluding steroid dienone is 2. The van der Waals surface area contributed by atoms with Crippen molar-refractivity contribution >= 4 is 34.8 Å². The summed E-state index contributed by atoms with van der Waals surface area (Å²) in [5.74, 6) is -0.427. The topological polar surface area (TPSA) is 52.6 Å². The Bertz CT molecular complexity index is 590. The maximum atomic E-state index is 12.0. The quantitative estimate of drug-likeness (QED) is 0.839. The molecule has 2 rings (SSSR count). The van der Waals surface area contributed by atoms with Gasteiger partial charge in [-0.1, -0.05) is 23.2 Å². The number of fused-ring (bicyclic) bond motifs is 1. The van der Waals surface area contributed by atoms with Gasteiger partial charge in [-0.05, 0) is 6.07 Å². The predicted octanol–water partition coefficient (Wildman–Crippen LogP) is 2.77. The van der Waals surface area contributed by atoms with E-state index in [9.17, 15) is 9.59 Å². The van der Waals surface area contributed by atoms with Gasteiger partial charge < -0.3 is 9.47 Å². The van der Waals surface area contributed by atoms with Crippen molar-refractivity contribution in [3.05, 3.63) is 33.3 Å². The lowest BCUT2D eigenvalue weighted by molar-refractivity contribution is 0.0984. The molecule has 0 saturated heterocycles. The first-order chi connectivity index (χ1) is 8.51. The van der Waals surface area contributed by atoms with Gasteiger partial charge in [0, 0.05) is 11.6 Å². The molecule has 18 heavy (non-hydrogen) atoms. The molecule has 1 aliphatic carbocycles. The number of carbonyl (C=O) groups excluding carboxylic acids is 2. The van der Waals surface area contributed by atoms with Crippen LogP contribution in [0.3, 0.4) is 0 Å². The van der Waals surface area contributed by atoms with Crippen molar-refractivity contribution in [1.29, 1.82) is 0 Å². The molecule has 0 fully saturated rings. The van der Waals surface area contributed by atoms with E-state index in [-0.39, 0.29) is 26.9 Å². The minimum Gasteiger partial charge on any atom is -0.497 e. The highest BCUT2D eigenvalue weighted by atomic mass is 35.5. The maximum absolute atomic E-state index is 12.0. The van der Waals surface area contributed by atoms with E-state index >= 15 is 0 Å². The molecule has 6 heteroatoms. The van der Waals surface area contributed by atoms with E-state index in [0.717, 1.165) is 0 Å². The average Bonchev–Trinajstić information content (AvgIpc) is 2.41. The fraction of sp³-hybridized carbons (Fsp3) is 0.167. The lowest BCUT2D eigenvalue weighted by Crippen LogP contribution is -2.19. The zero-order valence-corrected chi connectivity index (χ0v) is 11.1. The smallest absolute Gasteiger partial charge is 0.210 e. The van der Waals surface area contributed by atoms with Crippen LogP contribution in [0.15, 0.2) is 22.2 Å². The number of ketones is 2. The van der Waals surface area contributed by atoms with E-state index in [1.54, 1.807) is 0 Å². The molecule has 0 saturated carbocycles. The van der Waals surface area contributed by atoms with Gasteiger partial charge >= 0.3 is 0 Å². The van der Waals surface area contributed by atoms with Crippen molar-refractivity contribution in [3.63, 3.8) is 0 Å². The fourth-order valence-electron chi connectivity index (χ4n) is 1.71. The zero-order valence-electron chi connectivity index (χ0n) is 9.54. The average molecular weight is 287 g/mol. The van der Waals surface area contributed by atoms with Crippen molar-refractivity contribution in [2.45, 2.75) is 0 Å². The predicted molar refractivity (Wildman–Crippen MR) is 66.9 cm³/mol. The first kappa shape index (κ1) is 12.9. The Labute approximate surface area is 113 Å². The second kappa shape index (κ2) is 4.63. The summed E-state index contributed by atoms with van der Waals surface area (Å²) in [6.45, 7) is 0. The fourth-order valence-corrected chi connectivity index (χ4v) is 2.08. The van der Waals surface area contributed by atoms with Crippen LogP contribution in [0.5, 0.6) is 11.5 Å². The molecule has 0 radical (unpaired) electrons. The van der Waals surface area contributed by atoms with Gasteiger partial charge in [-0.25, -0.2) is 0 Å². The van der Waals surface area contributed by atoms with E-state index in [2.05, 4.69) is 0 Å². The normalized spacial score (nSPS) is 14.7. The number of ether oxygens (including phenoxy) is 2. The van der Waals surface area contributed by atoms with E-state index in [4.69, 9.17) is 32.7 Å². The van der Waals surface area contributed by atoms with Crippen molar-refractivity contribution in [1.82, 2.24) is 0 Å². The lowest BCUT2D eigenvalue weighted by Gasteiger charge is -2.18. The molecule has 0 bridgehead atoms. The number of carbonyl (C=O) groups is 2. The number of halogens is 2. The van der Waals surface area contributed by atoms with Crippen LogP contribution in [0.2, 0.25) is 0 Å². The molecule has 4 nitrogen and oxygen atoms in total. The highest BCUT2D eigenvalue weighted by molar-refractivity contribution is 6.59. The molecule has 0 heterocycles. The third-order valence-electron chi connectivity index (χ3n) is 2.59. The number of hydrogen-bond acceptors (Lipinski definition) is 4. The van der Waals surface area contributed by atoms with Crippen LogP contribution in [-0.4, -0.2) is 25.8 Å². The Morgan fingerprint density at radius 2 is 1.56 bits per heavy atom. The maximum Gasteiger partial charge on any atom is 0.210 e. The summed E-state index contributed by atoms with van der Waals surface area (Å²) in [5.41, 5.74) is 0.239. The molecule has 1 aliphatic rings. The van der Waals surface area contributed by atoms with Gasteiger partial charge in [0.05, 0.1) is 19.8 Å². The molecule has 0 aromatic heterocycles. The zero-order chi connectivity index (χ0) is 13.4. The summed E-state index contributed by atoms with van der Waals surface area (Å²) in [6, 6.07) is 2.94. The van der Waals surface area contributed by atoms with Crippen molar-refractivity contribution in [2.24, 2.45) is 0 Å². The van der Waals surface area contributed by atoms with Crippen molar-refractivity contribution in [2.75, 3.05) is 14.2 Å². The summed E-state index contributed by atoms with van der Waals surface area (Å²) in [5, 5.41) is -0.581. The van der Waals surface area contributed by atoms with Crippen molar-refractivity contribution < 1.29 is 19.1 Å². The monoisotopic (exact) mass is 286 g/mol. The summed E-state index contributed by atoms with van der Waals surface area (Å²) >= 11 is 11.5. The van der Waals surface area contributed by atoms with Gasteiger partial charge in [0.25, 0.3) is 0 Å². The lowest BCUT2D eigenvalue weighted by atomic mass is 9.93. The highest BCUT2D eigenvalue weighted by Crippen LogP contribution is 2.38. The number of benzene rings is 1. The molecule has 0 N–H and O–H groups in total. The van der Waals surface area contributed by atoms with Crippen LogP contribution in [0.4, 0.5) is 0 Å². The van der Waals surface area contributed by atoms with Crippen LogP contribution in [0.25, 0.3) is 0 Å². The molecular weight excluding hydrogens is 279 g/mol. The van der Waals surface area contributed by atoms with Gasteiger partial charge in [-0.15, -0.1) is 0 Å². The van der Waals surface area contributed by atoms with Crippen LogP contribution in [0.1, 0.15) is 20.7 Å². The molecule has 0 atom stereocenters. The second-order valence-corrected chi connectivity index (χ2v) is 4.29. The van der Waals surface area contributed by atoms with Crippen LogP contribution >= 0.6 is 23.2 Å². The molecule has 0 unspecified atom stereocenters. The summed E-state index contributed by atoms with van der Waals surface area (Å²) in [4.78, 5) is 24.0. The summed E-state index contributed by atoms with van der Waals surface area (Å²) < 4.78 is 10.1. The standard InChI is InChI=1S/C12H8Cl2O4/c1-17-5-3-6-8(7(4-5)18-2)12(16)10(14)9(13)11(6)15/h3-4H,1-2H3. The minimum absolute atomic E-state index is 0.109. The Morgan fingerprint density at radius 1 is 0.944 bits per heavy atom. The van der Waals surface area contributed by atoms with E-state index < -0.39 is 11.6 Å². The number of Topliss-reactive ketones (excluding diaryl/α,β-unsaturated/α-hetero) is 2. The largest absolute Gasteiger partial charge is 0.497 e. The molecule has 1 aromatic carbocycles. The highest BCUT2D eigenvalue weighted by Gasteiger charge is 2.33. The van der Waals surface area contributed by atoms with E-state index in [1.165, 1.54) is 26.4 Å². The Morgan fingerprint density at radius 3 is 2.11 bits per heavy atom. The van der Waals surface area contributed by atoms with Gasteiger partial charge in [-0.3, -0.25) is 9.59 Å².